The van der Waals surface area contributed by atoms with E-state index in [9.17, 15) is 4.79 Å². The van der Waals surface area contributed by atoms with Crippen LogP contribution in [0.25, 0.3) is 0 Å². The molecule has 0 radical (unpaired) electrons. The molecule has 0 spiro atoms. The average Bonchev–Trinajstić information content (AvgIpc) is 2.72. The monoisotopic (exact) mass is 320 g/mol. The molecule has 0 saturated carbocycles. The Morgan fingerprint density at radius 3 is 2.86 bits per heavy atom. The number of nitrogens with one attached hydrogen (secondary N) is 1. The Bertz CT molecular complexity index is 699. The molecule has 0 bridgehead atoms. The van der Waals surface area contributed by atoms with Crippen molar-refractivity contribution in [2.24, 2.45) is 0 Å². The lowest BCUT2D eigenvalue weighted by Gasteiger charge is -2.08. The van der Waals surface area contributed by atoms with Crippen molar-refractivity contribution in [1.29, 1.82) is 0 Å². The quantitative estimate of drug-likeness (QED) is 0.687. The SMILES string of the molecule is O=c1[nH]c(CSc2ccccc2Cl)nc2c1CCCCC2. The molecule has 1 N–H and O–H groups in total. The Kier molecular flexibility index (Phi) is 4.66. The zero-order valence-corrected chi connectivity index (χ0v) is 13.3. The Morgan fingerprint density at radius 2 is 2.00 bits per heavy atom. The normalized spacial score (nSPS) is 14.5. The van der Waals surface area contributed by atoms with Crippen molar-refractivity contribution in [3.8, 4) is 0 Å². The highest BCUT2D eigenvalue weighted by molar-refractivity contribution is 7.98. The van der Waals surface area contributed by atoms with Gasteiger partial charge >= 0.3 is 0 Å². The molecular weight excluding hydrogens is 304 g/mol. The number of aryl methyl sites for hydroxylation is 1. The maximum Gasteiger partial charge on any atom is 0.254 e. The lowest BCUT2D eigenvalue weighted by atomic mass is 10.1. The maximum absolute atomic E-state index is 12.2. The number of halogens is 1. The topological polar surface area (TPSA) is 45.8 Å². The molecule has 0 saturated heterocycles. The second-order valence-corrected chi connectivity index (χ2v) is 6.64. The molecule has 1 aromatic heterocycles. The average molecular weight is 321 g/mol. The maximum atomic E-state index is 12.2. The summed E-state index contributed by atoms with van der Waals surface area (Å²) < 4.78 is 0. The molecule has 3 rings (SSSR count). The highest BCUT2D eigenvalue weighted by atomic mass is 35.5. The number of H-pyrrole nitrogens is 1. The zero-order valence-electron chi connectivity index (χ0n) is 11.7. The molecular formula is C16H17ClN2OS. The highest BCUT2D eigenvalue weighted by Gasteiger charge is 2.14. The molecule has 0 amide bonds. The number of hydrogen-bond acceptors (Lipinski definition) is 3. The first-order valence-electron chi connectivity index (χ1n) is 7.22. The van der Waals surface area contributed by atoms with Crippen molar-refractivity contribution in [2.75, 3.05) is 0 Å². The number of benzene rings is 1. The van der Waals surface area contributed by atoms with Gasteiger partial charge in [0.15, 0.2) is 0 Å². The van der Waals surface area contributed by atoms with Crippen molar-refractivity contribution in [3.05, 3.63) is 56.7 Å². The molecule has 0 unspecified atom stereocenters. The minimum absolute atomic E-state index is 0.0386. The largest absolute Gasteiger partial charge is 0.310 e. The van der Waals surface area contributed by atoms with Crippen molar-refractivity contribution in [2.45, 2.75) is 42.8 Å². The van der Waals surface area contributed by atoms with Crippen LogP contribution in [0.3, 0.4) is 0 Å². The molecule has 1 aliphatic carbocycles. The van der Waals surface area contributed by atoms with Gasteiger partial charge in [0.25, 0.3) is 5.56 Å². The molecule has 2 aromatic rings. The fraction of sp³-hybridized carbons (Fsp3) is 0.375. The number of aromatic amines is 1. The third-order valence-corrected chi connectivity index (χ3v) is 5.22. The lowest BCUT2D eigenvalue weighted by molar-refractivity contribution is 0.708. The minimum Gasteiger partial charge on any atom is -0.310 e. The molecule has 5 heteroatoms. The minimum atomic E-state index is 0.0386. The van der Waals surface area contributed by atoms with Crippen LogP contribution >= 0.6 is 23.4 Å². The second kappa shape index (κ2) is 6.67. The van der Waals surface area contributed by atoms with Gasteiger partial charge in [0.05, 0.1) is 16.5 Å². The molecule has 3 nitrogen and oxygen atoms in total. The summed E-state index contributed by atoms with van der Waals surface area (Å²) in [5.41, 5.74) is 1.92. The van der Waals surface area contributed by atoms with Crippen LogP contribution in [-0.4, -0.2) is 9.97 Å². The lowest BCUT2D eigenvalue weighted by Crippen LogP contribution is -2.19. The summed E-state index contributed by atoms with van der Waals surface area (Å²) in [5.74, 6) is 1.37. The van der Waals surface area contributed by atoms with Crippen LogP contribution in [0.2, 0.25) is 5.02 Å². The Morgan fingerprint density at radius 1 is 1.19 bits per heavy atom. The molecule has 0 aliphatic heterocycles. The molecule has 110 valence electrons. The summed E-state index contributed by atoms with van der Waals surface area (Å²) in [6.45, 7) is 0. The zero-order chi connectivity index (χ0) is 14.7. The molecule has 0 atom stereocenters. The van der Waals surface area contributed by atoms with Gasteiger partial charge in [-0.05, 0) is 37.8 Å². The van der Waals surface area contributed by atoms with Gasteiger partial charge < -0.3 is 4.98 Å². The van der Waals surface area contributed by atoms with Gasteiger partial charge in [-0.25, -0.2) is 4.98 Å². The van der Waals surface area contributed by atoms with Gasteiger partial charge in [-0.15, -0.1) is 11.8 Å². The first-order valence-corrected chi connectivity index (χ1v) is 8.58. The number of aromatic nitrogens is 2. The van der Waals surface area contributed by atoms with Crippen LogP contribution in [0.15, 0.2) is 34.0 Å². The van der Waals surface area contributed by atoms with Gasteiger partial charge in [-0.1, -0.05) is 30.2 Å². The number of rotatable bonds is 3. The van der Waals surface area contributed by atoms with E-state index in [2.05, 4.69) is 9.97 Å². The van der Waals surface area contributed by atoms with Crippen LogP contribution in [-0.2, 0) is 18.6 Å². The summed E-state index contributed by atoms with van der Waals surface area (Å²) in [7, 11) is 0. The van der Waals surface area contributed by atoms with Gasteiger partial charge in [0.2, 0.25) is 0 Å². The fourth-order valence-corrected chi connectivity index (χ4v) is 3.72. The van der Waals surface area contributed by atoms with Gasteiger partial charge in [0.1, 0.15) is 5.82 Å². The van der Waals surface area contributed by atoms with Crippen LogP contribution in [0.4, 0.5) is 0 Å². The fourth-order valence-electron chi connectivity index (χ4n) is 2.61. The molecule has 1 heterocycles. The van der Waals surface area contributed by atoms with E-state index in [1.807, 2.05) is 24.3 Å². The first kappa shape index (κ1) is 14.7. The van der Waals surface area contributed by atoms with E-state index in [1.165, 1.54) is 6.42 Å². The highest BCUT2D eigenvalue weighted by Crippen LogP contribution is 2.28. The van der Waals surface area contributed by atoms with Gasteiger partial charge in [0, 0.05) is 10.5 Å². The molecule has 1 aliphatic rings. The summed E-state index contributed by atoms with van der Waals surface area (Å²) in [6.07, 6.45) is 5.17. The second-order valence-electron chi connectivity index (χ2n) is 5.22. The third kappa shape index (κ3) is 3.50. The number of fused-ring (bicyclic) bond motifs is 1. The van der Waals surface area contributed by atoms with E-state index in [0.717, 1.165) is 52.7 Å². The van der Waals surface area contributed by atoms with Crippen LogP contribution < -0.4 is 5.56 Å². The van der Waals surface area contributed by atoms with Gasteiger partial charge in [-0.2, -0.15) is 0 Å². The summed E-state index contributed by atoms with van der Waals surface area (Å²) in [5, 5.41) is 0.736. The Labute approximate surface area is 133 Å². The predicted octanol–water partition coefficient (Wildman–Crippen LogP) is 3.98. The van der Waals surface area contributed by atoms with Crippen molar-refractivity contribution >= 4 is 23.4 Å². The number of thioether (sulfide) groups is 1. The van der Waals surface area contributed by atoms with E-state index in [4.69, 9.17) is 11.6 Å². The number of hydrogen-bond donors (Lipinski definition) is 1. The molecule has 0 fully saturated rings. The Balaban J connectivity index is 1.80. The van der Waals surface area contributed by atoms with E-state index in [0.29, 0.717) is 5.75 Å². The van der Waals surface area contributed by atoms with E-state index < -0.39 is 0 Å². The van der Waals surface area contributed by atoms with E-state index in [-0.39, 0.29) is 5.56 Å². The summed E-state index contributed by atoms with van der Waals surface area (Å²) in [4.78, 5) is 20.8. The van der Waals surface area contributed by atoms with Gasteiger partial charge in [-0.3, -0.25) is 4.79 Å². The first-order chi connectivity index (χ1) is 10.2. The summed E-state index contributed by atoms with van der Waals surface area (Å²) >= 11 is 7.75. The molecule has 21 heavy (non-hydrogen) atoms. The predicted molar refractivity (Wildman–Crippen MR) is 87.1 cm³/mol. The van der Waals surface area contributed by atoms with Crippen LogP contribution in [0, 0.1) is 0 Å². The van der Waals surface area contributed by atoms with E-state index in [1.54, 1.807) is 11.8 Å². The van der Waals surface area contributed by atoms with Crippen LogP contribution in [0.5, 0.6) is 0 Å². The van der Waals surface area contributed by atoms with Crippen molar-refractivity contribution in [3.63, 3.8) is 0 Å². The van der Waals surface area contributed by atoms with E-state index >= 15 is 0 Å². The summed E-state index contributed by atoms with van der Waals surface area (Å²) in [6, 6.07) is 7.72. The van der Waals surface area contributed by atoms with Crippen molar-refractivity contribution in [1.82, 2.24) is 9.97 Å². The van der Waals surface area contributed by atoms with Crippen LogP contribution in [0.1, 0.15) is 36.3 Å². The Hall–Kier alpha value is -1.26. The third-order valence-electron chi connectivity index (χ3n) is 3.69. The number of nitrogens with zero attached hydrogens (tertiary/aromatic N) is 1. The van der Waals surface area contributed by atoms with Crippen molar-refractivity contribution < 1.29 is 0 Å². The smallest absolute Gasteiger partial charge is 0.254 e. The standard InChI is InChI=1S/C16H17ClN2OS/c17-12-7-4-5-9-14(12)21-10-15-18-13-8-3-1-2-6-11(13)16(20)19-15/h4-5,7,9H,1-3,6,8,10H2,(H,18,19,20). The molecule has 1 aromatic carbocycles.